The van der Waals surface area contributed by atoms with Crippen molar-refractivity contribution in [2.24, 2.45) is 7.05 Å². The molecule has 4 aromatic rings. The van der Waals surface area contributed by atoms with Crippen molar-refractivity contribution in [2.75, 3.05) is 5.73 Å². The van der Waals surface area contributed by atoms with Crippen LogP contribution in [-0.2, 0) is 20.1 Å². The average molecular weight is 366 g/mol. The zero-order valence-corrected chi connectivity index (χ0v) is 15.8. The number of benzene rings is 1. The highest BCUT2D eigenvalue weighted by atomic mass is 32.1. The van der Waals surface area contributed by atoms with Gasteiger partial charge in [0.15, 0.2) is 0 Å². The van der Waals surface area contributed by atoms with E-state index in [0.29, 0.717) is 12.2 Å². The molecule has 0 atom stereocenters. The first-order chi connectivity index (χ1) is 12.4. The first-order valence-electron chi connectivity index (χ1n) is 8.41. The minimum absolute atomic E-state index is 0.248. The normalized spacial score (nSPS) is 11.5. The number of hydrogen-bond acceptors (Lipinski definition) is 5. The molecule has 0 aliphatic heterocycles. The van der Waals surface area contributed by atoms with Gasteiger partial charge < -0.3 is 10.3 Å². The van der Waals surface area contributed by atoms with Gasteiger partial charge in [0.25, 0.3) is 0 Å². The van der Waals surface area contributed by atoms with Crippen LogP contribution in [0.5, 0.6) is 0 Å². The average Bonchev–Trinajstić information content (AvgIpc) is 3.12. The van der Waals surface area contributed by atoms with E-state index in [1.54, 1.807) is 0 Å². The Balaban J connectivity index is 1.58. The fourth-order valence-corrected chi connectivity index (χ4v) is 4.35. The van der Waals surface area contributed by atoms with E-state index in [4.69, 9.17) is 5.73 Å². The minimum Gasteiger partial charge on any atom is -0.397 e. The first kappa shape index (κ1) is 16.7. The van der Waals surface area contributed by atoms with Crippen molar-refractivity contribution in [3.05, 3.63) is 57.1 Å². The van der Waals surface area contributed by atoms with Crippen LogP contribution in [0.3, 0.4) is 0 Å². The second kappa shape index (κ2) is 6.17. The summed E-state index contributed by atoms with van der Waals surface area (Å²) in [7, 11) is 2.01. The standard InChI is InChI=1S/C19H20N5OS/c1-11-12(2)21-22-19-17(11)18(20)16(26-19)10-24(25)9-13-4-5-15-14(8-13)6-7-23(15)3/h4-8H,9-10,20H2,1-3H3/q+1. The van der Waals surface area contributed by atoms with Crippen molar-refractivity contribution in [3.63, 3.8) is 0 Å². The summed E-state index contributed by atoms with van der Waals surface area (Å²) >= 11 is 1.45. The minimum atomic E-state index is 0.248. The van der Waals surface area contributed by atoms with Crippen molar-refractivity contribution in [1.82, 2.24) is 14.8 Å². The van der Waals surface area contributed by atoms with Crippen LogP contribution in [-0.4, -0.2) is 19.5 Å². The Labute approximate surface area is 154 Å². The van der Waals surface area contributed by atoms with Crippen molar-refractivity contribution < 1.29 is 4.76 Å². The quantitative estimate of drug-likeness (QED) is 0.556. The third kappa shape index (κ3) is 2.74. The lowest BCUT2D eigenvalue weighted by Crippen LogP contribution is -2.08. The molecular formula is C19H20N5OS+. The summed E-state index contributed by atoms with van der Waals surface area (Å²) in [6, 6.07) is 8.17. The van der Waals surface area contributed by atoms with Gasteiger partial charge in [-0.25, -0.2) is 0 Å². The Morgan fingerprint density at radius 2 is 2.00 bits per heavy atom. The Morgan fingerprint density at radius 3 is 2.81 bits per heavy atom. The number of fused-ring (bicyclic) bond motifs is 2. The Kier molecular flexibility index (Phi) is 3.96. The van der Waals surface area contributed by atoms with Gasteiger partial charge in [0, 0.05) is 44.8 Å². The van der Waals surface area contributed by atoms with E-state index in [1.807, 2.05) is 39.2 Å². The van der Waals surface area contributed by atoms with Gasteiger partial charge in [-0.1, -0.05) is 6.07 Å². The van der Waals surface area contributed by atoms with Gasteiger partial charge in [-0.3, -0.25) is 0 Å². The third-order valence-electron chi connectivity index (χ3n) is 4.84. The summed E-state index contributed by atoms with van der Waals surface area (Å²) in [6.07, 6.45) is 2.02. The van der Waals surface area contributed by atoms with Gasteiger partial charge in [0.05, 0.1) is 16.3 Å². The summed E-state index contributed by atoms with van der Waals surface area (Å²) in [5.74, 6) is 0. The highest BCUT2D eigenvalue weighted by Gasteiger charge is 2.20. The maximum Gasteiger partial charge on any atom is 0.228 e. The van der Waals surface area contributed by atoms with Crippen molar-refractivity contribution in [1.29, 1.82) is 0 Å². The fraction of sp³-hybridized carbons (Fsp3) is 0.263. The van der Waals surface area contributed by atoms with Gasteiger partial charge in [-0.2, -0.15) is 5.10 Å². The SMILES string of the molecule is Cc1nnc2sc(C[N+](=O)Cc3ccc4c(ccn4C)c3)c(N)c2c1C. The molecule has 0 saturated heterocycles. The van der Waals surface area contributed by atoms with E-state index in [1.165, 1.54) is 11.3 Å². The highest BCUT2D eigenvalue weighted by molar-refractivity contribution is 7.19. The molecule has 0 saturated carbocycles. The van der Waals surface area contributed by atoms with Crippen LogP contribution >= 0.6 is 11.3 Å². The zero-order valence-electron chi connectivity index (χ0n) is 15.0. The predicted molar refractivity (Wildman–Crippen MR) is 105 cm³/mol. The molecule has 0 fully saturated rings. The maximum absolute atomic E-state index is 12.5. The fourth-order valence-electron chi connectivity index (χ4n) is 3.25. The van der Waals surface area contributed by atoms with Gasteiger partial charge in [0.1, 0.15) is 4.83 Å². The van der Waals surface area contributed by atoms with Crippen LogP contribution in [0.2, 0.25) is 0 Å². The van der Waals surface area contributed by atoms with Gasteiger partial charge in [0.2, 0.25) is 13.1 Å². The molecule has 2 N–H and O–H groups in total. The summed E-state index contributed by atoms with van der Waals surface area (Å²) in [4.78, 5) is 14.2. The molecule has 0 aliphatic carbocycles. The molecule has 26 heavy (non-hydrogen) atoms. The van der Waals surface area contributed by atoms with E-state index < -0.39 is 0 Å². The number of nitrogens with two attached hydrogens (primary N) is 1. The number of rotatable bonds is 4. The van der Waals surface area contributed by atoms with Gasteiger partial charge >= 0.3 is 0 Å². The van der Waals surface area contributed by atoms with E-state index in [9.17, 15) is 4.91 Å². The van der Waals surface area contributed by atoms with Crippen LogP contribution in [0.15, 0.2) is 30.5 Å². The van der Waals surface area contributed by atoms with Gasteiger partial charge in [-0.15, -0.1) is 16.4 Å². The van der Waals surface area contributed by atoms with Crippen LogP contribution in [0.4, 0.5) is 5.69 Å². The zero-order chi connectivity index (χ0) is 18.4. The van der Waals surface area contributed by atoms with E-state index in [0.717, 1.165) is 47.6 Å². The molecule has 4 rings (SSSR count). The molecule has 3 aromatic heterocycles. The number of nitrogens with zero attached hydrogens (tertiary/aromatic N) is 4. The Bertz CT molecular complexity index is 1160. The van der Waals surface area contributed by atoms with Crippen LogP contribution < -0.4 is 5.73 Å². The monoisotopic (exact) mass is 366 g/mol. The molecule has 6 nitrogen and oxygen atoms in total. The Hall–Kier alpha value is -2.80. The summed E-state index contributed by atoms with van der Waals surface area (Å²) < 4.78 is 3.11. The smallest absolute Gasteiger partial charge is 0.228 e. The molecular weight excluding hydrogens is 346 g/mol. The number of nitrogen functional groups attached to an aromatic ring is 1. The van der Waals surface area contributed by atoms with E-state index in [2.05, 4.69) is 26.9 Å². The number of aryl methyl sites for hydroxylation is 3. The molecule has 7 heteroatoms. The highest BCUT2D eigenvalue weighted by Crippen LogP contribution is 2.35. The maximum atomic E-state index is 12.5. The molecule has 0 radical (unpaired) electrons. The van der Waals surface area contributed by atoms with Crippen LogP contribution in [0.25, 0.3) is 21.1 Å². The topological polar surface area (TPSA) is 76.8 Å². The molecule has 3 heterocycles. The molecule has 0 bridgehead atoms. The lowest BCUT2D eigenvalue weighted by molar-refractivity contribution is -0.579. The number of anilines is 1. The van der Waals surface area contributed by atoms with Crippen molar-refractivity contribution in [2.45, 2.75) is 26.9 Å². The molecule has 1 aromatic carbocycles. The Morgan fingerprint density at radius 1 is 1.19 bits per heavy atom. The number of hydrogen-bond donors (Lipinski definition) is 1. The summed E-state index contributed by atoms with van der Waals surface area (Å²) in [5.41, 5.74) is 11.0. The number of nitroso groups, excluding NO2 is 1. The van der Waals surface area contributed by atoms with Gasteiger partial charge in [-0.05, 0) is 37.6 Å². The van der Waals surface area contributed by atoms with Crippen molar-refractivity contribution in [3.8, 4) is 0 Å². The summed E-state index contributed by atoms with van der Waals surface area (Å²) in [6.45, 7) is 4.47. The number of aromatic nitrogens is 3. The molecule has 0 spiro atoms. The number of thiophene rings is 1. The van der Waals surface area contributed by atoms with E-state index >= 15 is 0 Å². The van der Waals surface area contributed by atoms with Crippen LogP contribution in [0.1, 0.15) is 21.7 Å². The van der Waals surface area contributed by atoms with Crippen LogP contribution in [0, 0.1) is 18.8 Å². The molecule has 0 amide bonds. The first-order valence-corrected chi connectivity index (χ1v) is 9.22. The second-order valence-electron chi connectivity index (χ2n) is 6.65. The van der Waals surface area contributed by atoms with Crippen molar-refractivity contribution >= 4 is 38.1 Å². The lowest BCUT2D eigenvalue weighted by atomic mass is 10.1. The molecule has 132 valence electrons. The molecule has 0 unspecified atom stereocenters. The third-order valence-corrected chi connectivity index (χ3v) is 5.92. The summed E-state index contributed by atoms with van der Waals surface area (Å²) in [5, 5.41) is 10.4. The molecule has 0 aliphatic rings. The lowest BCUT2D eigenvalue weighted by Gasteiger charge is -2.01. The predicted octanol–water partition coefficient (Wildman–Crippen LogP) is 3.86. The largest absolute Gasteiger partial charge is 0.397 e. The van der Waals surface area contributed by atoms with E-state index in [-0.39, 0.29) is 6.54 Å². The second-order valence-corrected chi connectivity index (χ2v) is 7.73.